The maximum absolute atomic E-state index is 12.6. The van der Waals surface area contributed by atoms with Gasteiger partial charge in [-0.2, -0.15) is 0 Å². The minimum absolute atomic E-state index is 0.291. The van der Waals surface area contributed by atoms with Gasteiger partial charge >= 0.3 is 0 Å². The molecule has 0 aromatic carbocycles. The smallest absolute Gasteiger partial charge is 0.236 e. The zero-order valence-corrected chi connectivity index (χ0v) is 16.7. The molecule has 24 heavy (non-hydrogen) atoms. The van der Waals surface area contributed by atoms with Crippen molar-refractivity contribution in [2.75, 3.05) is 45.8 Å². The summed E-state index contributed by atoms with van der Waals surface area (Å²) in [5.74, 6) is 1.11. The van der Waals surface area contributed by atoms with E-state index in [0.717, 1.165) is 32.1 Å². The zero-order valence-electron chi connectivity index (χ0n) is 16.7. The van der Waals surface area contributed by atoms with Gasteiger partial charge in [-0.25, -0.2) is 0 Å². The summed E-state index contributed by atoms with van der Waals surface area (Å²) >= 11 is 0. The molecule has 3 heterocycles. The molecule has 0 saturated carbocycles. The maximum atomic E-state index is 12.6. The van der Waals surface area contributed by atoms with Gasteiger partial charge in [0.2, 0.25) is 5.91 Å². The summed E-state index contributed by atoms with van der Waals surface area (Å²) in [5.41, 5.74) is 1.16. The van der Waals surface area contributed by atoms with Gasteiger partial charge in [0.25, 0.3) is 0 Å². The third-order valence-electron chi connectivity index (χ3n) is 6.55. The monoisotopic (exact) mass is 335 g/mol. The van der Waals surface area contributed by atoms with Crippen LogP contribution in [0.2, 0.25) is 0 Å². The Morgan fingerprint density at radius 3 is 1.96 bits per heavy atom. The lowest BCUT2D eigenvalue weighted by Crippen LogP contribution is -2.75. The van der Waals surface area contributed by atoms with Crippen LogP contribution in [0.5, 0.6) is 0 Å². The van der Waals surface area contributed by atoms with Crippen LogP contribution >= 0.6 is 0 Å². The van der Waals surface area contributed by atoms with Gasteiger partial charge in [0.15, 0.2) is 0 Å². The van der Waals surface area contributed by atoms with E-state index < -0.39 is 0 Å². The normalized spacial score (nSPS) is 26.3. The molecule has 4 heteroatoms. The number of carbonyl (C=O) groups is 1. The molecular weight excluding hydrogens is 298 g/mol. The molecule has 3 saturated heterocycles. The van der Waals surface area contributed by atoms with Crippen molar-refractivity contribution in [3.63, 3.8) is 0 Å². The third kappa shape index (κ3) is 3.65. The quantitative estimate of drug-likeness (QED) is 0.776. The summed E-state index contributed by atoms with van der Waals surface area (Å²) in [7, 11) is 0. The van der Waals surface area contributed by atoms with Crippen LogP contribution in [0.15, 0.2) is 0 Å². The Bertz CT molecular complexity index is 466. The van der Waals surface area contributed by atoms with Crippen molar-refractivity contribution < 1.29 is 4.79 Å². The molecule has 0 N–H and O–H groups in total. The molecule has 3 rings (SSSR count). The fraction of sp³-hybridized carbons (Fsp3) is 0.950. The number of rotatable bonds is 2. The minimum Gasteiger partial charge on any atom is -0.342 e. The first kappa shape index (κ1) is 18.2. The van der Waals surface area contributed by atoms with E-state index in [0.29, 0.717) is 28.8 Å². The number of hydrogen-bond donors (Lipinski definition) is 0. The second-order valence-electron chi connectivity index (χ2n) is 10.7. The highest BCUT2D eigenvalue weighted by Crippen LogP contribution is 2.42. The SMILES string of the molecule is CC(C)(C)C1CCN(C(=O)CN2CC3(C2)CN(C(C)(C)C)C3)CC1. The van der Waals surface area contributed by atoms with Crippen LogP contribution in [0.1, 0.15) is 54.4 Å². The molecule has 0 bridgehead atoms. The van der Waals surface area contributed by atoms with Crippen molar-refractivity contribution in [2.45, 2.75) is 59.9 Å². The van der Waals surface area contributed by atoms with Crippen molar-refractivity contribution in [3.8, 4) is 0 Å². The molecule has 3 aliphatic rings. The van der Waals surface area contributed by atoms with E-state index in [9.17, 15) is 4.79 Å². The summed E-state index contributed by atoms with van der Waals surface area (Å²) in [5, 5.41) is 0. The van der Waals surface area contributed by atoms with Gasteiger partial charge in [-0.05, 0) is 44.9 Å². The standard InChI is InChI=1S/C20H37N3O/c1-18(2,3)16-7-9-22(10-8-16)17(24)11-21-12-20(13-21)14-23(15-20)19(4,5)6/h16H,7-15H2,1-6H3. The Morgan fingerprint density at radius 1 is 0.958 bits per heavy atom. The Kier molecular flexibility index (Phi) is 4.53. The lowest BCUT2D eigenvalue weighted by Gasteiger charge is -2.63. The molecule has 3 aliphatic heterocycles. The fourth-order valence-corrected chi connectivity index (χ4v) is 4.74. The van der Waals surface area contributed by atoms with Crippen molar-refractivity contribution in [3.05, 3.63) is 0 Å². The summed E-state index contributed by atoms with van der Waals surface area (Å²) in [4.78, 5) is 19.6. The van der Waals surface area contributed by atoms with E-state index in [4.69, 9.17) is 0 Å². The van der Waals surface area contributed by atoms with Crippen LogP contribution in [0.4, 0.5) is 0 Å². The van der Waals surface area contributed by atoms with Crippen molar-refractivity contribution in [1.82, 2.24) is 14.7 Å². The van der Waals surface area contributed by atoms with E-state index >= 15 is 0 Å². The molecule has 0 radical (unpaired) electrons. The van der Waals surface area contributed by atoms with Gasteiger partial charge in [0.1, 0.15) is 0 Å². The van der Waals surface area contributed by atoms with Crippen LogP contribution in [0, 0.1) is 16.7 Å². The molecule has 4 nitrogen and oxygen atoms in total. The number of likely N-dealkylation sites (tertiary alicyclic amines) is 3. The summed E-state index contributed by atoms with van der Waals surface area (Å²) in [6.07, 6.45) is 2.33. The molecule has 3 fully saturated rings. The molecular formula is C20H37N3O. The zero-order chi connectivity index (χ0) is 17.8. The van der Waals surface area contributed by atoms with Gasteiger partial charge < -0.3 is 4.90 Å². The maximum Gasteiger partial charge on any atom is 0.236 e. The summed E-state index contributed by atoms with van der Waals surface area (Å²) in [6.45, 7) is 21.1. The first-order valence-electron chi connectivity index (χ1n) is 9.74. The molecule has 138 valence electrons. The second kappa shape index (κ2) is 5.98. The number of piperidine rings is 1. The van der Waals surface area contributed by atoms with Crippen LogP contribution in [0.25, 0.3) is 0 Å². The summed E-state index contributed by atoms with van der Waals surface area (Å²) in [6, 6.07) is 0. The predicted octanol–water partition coefficient (Wildman–Crippen LogP) is 2.69. The molecule has 1 spiro atoms. The average Bonchev–Trinajstić information content (AvgIpc) is 2.37. The first-order chi connectivity index (χ1) is 11.0. The molecule has 0 unspecified atom stereocenters. The van der Waals surface area contributed by atoms with Gasteiger partial charge in [-0.15, -0.1) is 0 Å². The highest BCUT2D eigenvalue weighted by molar-refractivity contribution is 5.78. The predicted molar refractivity (Wildman–Crippen MR) is 99.0 cm³/mol. The highest BCUT2D eigenvalue weighted by atomic mass is 16.2. The third-order valence-corrected chi connectivity index (χ3v) is 6.55. The molecule has 0 aliphatic carbocycles. The molecule has 0 atom stereocenters. The van der Waals surface area contributed by atoms with Crippen molar-refractivity contribution >= 4 is 5.91 Å². The van der Waals surface area contributed by atoms with E-state index in [2.05, 4.69) is 56.2 Å². The largest absolute Gasteiger partial charge is 0.342 e. The molecule has 0 aromatic heterocycles. The molecule has 0 aromatic rings. The van der Waals surface area contributed by atoms with E-state index in [1.165, 1.54) is 25.9 Å². The van der Waals surface area contributed by atoms with E-state index in [1.54, 1.807) is 0 Å². The number of nitrogens with zero attached hydrogens (tertiary/aromatic N) is 3. The Morgan fingerprint density at radius 2 is 1.50 bits per heavy atom. The highest BCUT2D eigenvalue weighted by Gasteiger charge is 2.54. The Hall–Kier alpha value is -0.610. The van der Waals surface area contributed by atoms with E-state index in [1.807, 2.05) is 0 Å². The fourth-order valence-electron chi connectivity index (χ4n) is 4.74. The summed E-state index contributed by atoms with van der Waals surface area (Å²) < 4.78 is 0. The van der Waals surface area contributed by atoms with Gasteiger partial charge in [0.05, 0.1) is 6.54 Å². The average molecular weight is 336 g/mol. The number of hydrogen-bond acceptors (Lipinski definition) is 3. The second-order valence-corrected chi connectivity index (χ2v) is 10.7. The lowest BCUT2D eigenvalue weighted by molar-refractivity contribution is -0.157. The topological polar surface area (TPSA) is 26.8 Å². The van der Waals surface area contributed by atoms with Crippen LogP contribution in [-0.2, 0) is 4.79 Å². The van der Waals surface area contributed by atoms with Gasteiger partial charge in [-0.1, -0.05) is 20.8 Å². The van der Waals surface area contributed by atoms with Crippen LogP contribution in [0.3, 0.4) is 0 Å². The molecule has 1 amide bonds. The van der Waals surface area contributed by atoms with Gasteiger partial charge in [-0.3, -0.25) is 14.6 Å². The van der Waals surface area contributed by atoms with Gasteiger partial charge in [0, 0.05) is 50.2 Å². The van der Waals surface area contributed by atoms with Crippen LogP contribution < -0.4 is 0 Å². The Balaban J connectivity index is 1.38. The van der Waals surface area contributed by atoms with E-state index in [-0.39, 0.29) is 0 Å². The minimum atomic E-state index is 0.291. The number of amides is 1. The van der Waals surface area contributed by atoms with Crippen LogP contribution in [-0.4, -0.2) is 72.0 Å². The lowest BCUT2D eigenvalue weighted by atomic mass is 9.71. The first-order valence-corrected chi connectivity index (χ1v) is 9.74. The van der Waals surface area contributed by atoms with Crippen molar-refractivity contribution in [1.29, 1.82) is 0 Å². The number of carbonyl (C=O) groups excluding carboxylic acids is 1. The van der Waals surface area contributed by atoms with Crippen molar-refractivity contribution in [2.24, 2.45) is 16.7 Å². The Labute approximate surface area is 148 Å².